The summed E-state index contributed by atoms with van der Waals surface area (Å²) in [5.74, 6) is -1.68. The van der Waals surface area contributed by atoms with Crippen LogP contribution in [0.3, 0.4) is 0 Å². The van der Waals surface area contributed by atoms with Crippen molar-refractivity contribution in [2.24, 2.45) is 0 Å². The average molecular weight is 282 g/mol. The topological polar surface area (TPSA) is 107 Å². The van der Waals surface area contributed by atoms with E-state index in [9.17, 15) is 18.0 Å². The molecule has 0 saturated carbocycles. The van der Waals surface area contributed by atoms with E-state index in [1.165, 1.54) is 0 Å². The van der Waals surface area contributed by atoms with Crippen LogP contribution in [0.5, 0.6) is 0 Å². The zero-order chi connectivity index (χ0) is 13.9. The Morgan fingerprint density at radius 3 is 1.63 bits per heavy atom. The van der Waals surface area contributed by atoms with Crippen molar-refractivity contribution in [2.75, 3.05) is 14.2 Å². The van der Waals surface area contributed by atoms with Crippen molar-refractivity contribution in [3.05, 3.63) is 29.3 Å². The van der Waals surface area contributed by atoms with Crippen LogP contribution in [0.1, 0.15) is 20.7 Å². The van der Waals surface area contributed by atoms with Crippen LogP contribution < -0.4 is 0 Å². The molecule has 1 N–H and O–H groups in total. The van der Waals surface area contributed by atoms with E-state index in [1.807, 2.05) is 0 Å². The van der Waals surface area contributed by atoms with Gasteiger partial charge >= 0.3 is 30.8 Å². The molecular formula is C10H11LiO7S. The fraction of sp³-hybridized carbons (Fsp3) is 0.200. The van der Waals surface area contributed by atoms with E-state index in [0.717, 1.165) is 32.4 Å². The normalized spacial score (nSPS) is 10.3. The van der Waals surface area contributed by atoms with Crippen LogP contribution in [-0.4, -0.2) is 58.0 Å². The molecule has 1 aromatic carbocycles. The van der Waals surface area contributed by atoms with Gasteiger partial charge in [-0.25, -0.2) is 9.59 Å². The third-order valence-electron chi connectivity index (χ3n) is 2.05. The maximum absolute atomic E-state index is 11.3. The Morgan fingerprint density at radius 1 is 1.00 bits per heavy atom. The van der Waals surface area contributed by atoms with E-state index >= 15 is 0 Å². The minimum atomic E-state index is -4.55. The molecule has 0 atom stereocenters. The van der Waals surface area contributed by atoms with E-state index in [2.05, 4.69) is 9.47 Å². The van der Waals surface area contributed by atoms with Gasteiger partial charge in [0.25, 0.3) is 10.1 Å². The summed E-state index contributed by atoms with van der Waals surface area (Å²) in [6.07, 6.45) is 0. The Morgan fingerprint density at radius 2 is 1.37 bits per heavy atom. The van der Waals surface area contributed by atoms with Gasteiger partial charge in [0.05, 0.1) is 30.2 Å². The van der Waals surface area contributed by atoms with Gasteiger partial charge in [-0.3, -0.25) is 4.55 Å². The van der Waals surface area contributed by atoms with Gasteiger partial charge < -0.3 is 9.47 Å². The summed E-state index contributed by atoms with van der Waals surface area (Å²) in [6.45, 7) is 0. The van der Waals surface area contributed by atoms with Crippen LogP contribution in [0.25, 0.3) is 0 Å². The predicted molar refractivity (Wildman–Crippen MR) is 66.1 cm³/mol. The predicted octanol–water partition coefficient (Wildman–Crippen LogP) is -0.142. The third kappa shape index (κ3) is 4.36. The molecule has 1 rings (SSSR count). The molecule has 0 aliphatic heterocycles. The molecule has 0 bridgehead atoms. The summed E-state index contributed by atoms with van der Waals surface area (Å²) in [7, 11) is -2.35. The van der Waals surface area contributed by atoms with Gasteiger partial charge in [0, 0.05) is 0 Å². The number of carbonyl (C=O) groups excluding carboxylic acids is 2. The first-order valence-electron chi connectivity index (χ1n) is 4.59. The first-order valence-corrected chi connectivity index (χ1v) is 6.03. The molecule has 0 spiro atoms. The van der Waals surface area contributed by atoms with Crippen molar-refractivity contribution < 1.29 is 32.0 Å². The first kappa shape index (κ1) is 17.7. The summed E-state index contributed by atoms with van der Waals surface area (Å²) < 4.78 is 39.7. The van der Waals surface area contributed by atoms with Crippen molar-refractivity contribution in [1.82, 2.24) is 0 Å². The molecular weight excluding hydrogens is 271 g/mol. The molecule has 0 fully saturated rings. The Bertz CT molecular complexity index is 560. The van der Waals surface area contributed by atoms with Gasteiger partial charge in [0.2, 0.25) is 0 Å². The third-order valence-corrected chi connectivity index (χ3v) is 2.88. The monoisotopic (exact) mass is 282 g/mol. The zero-order valence-electron chi connectivity index (χ0n) is 9.54. The molecule has 0 aromatic heterocycles. The maximum atomic E-state index is 11.3. The molecule has 0 saturated heterocycles. The number of ether oxygens (including phenoxy) is 2. The fourth-order valence-electron chi connectivity index (χ4n) is 1.22. The van der Waals surface area contributed by atoms with Crippen molar-refractivity contribution in [3.8, 4) is 0 Å². The van der Waals surface area contributed by atoms with E-state index in [1.54, 1.807) is 0 Å². The molecule has 19 heavy (non-hydrogen) atoms. The number of benzene rings is 1. The van der Waals surface area contributed by atoms with Crippen molar-refractivity contribution in [3.63, 3.8) is 0 Å². The summed E-state index contributed by atoms with van der Waals surface area (Å²) >= 11 is 0. The summed E-state index contributed by atoms with van der Waals surface area (Å²) in [6, 6.07) is 2.90. The molecule has 0 radical (unpaired) electrons. The first-order chi connectivity index (χ1) is 8.29. The minimum absolute atomic E-state index is 0. The van der Waals surface area contributed by atoms with Crippen molar-refractivity contribution in [1.29, 1.82) is 0 Å². The number of esters is 2. The SMILES string of the molecule is COC(=O)c1cc(C(=O)OC)cc(S(=O)(=O)O)c1.[LiH]. The Balaban J connectivity index is 0.00000324. The molecule has 100 valence electrons. The number of carbonyl (C=O) groups is 2. The molecule has 0 amide bonds. The van der Waals surface area contributed by atoms with Crippen molar-refractivity contribution >= 4 is 40.9 Å². The number of hydrogen-bond acceptors (Lipinski definition) is 6. The number of rotatable bonds is 3. The average Bonchev–Trinajstić information content (AvgIpc) is 2.35. The molecule has 0 heterocycles. The van der Waals surface area contributed by atoms with Gasteiger partial charge in [0.1, 0.15) is 0 Å². The van der Waals surface area contributed by atoms with Gasteiger partial charge in [-0.1, -0.05) is 0 Å². The molecule has 9 heteroatoms. The van der Waals surface area contributed by atoms with Crippen LogP contribution in [0.2, 0.25) is 0 Å². The second-order valence-corrected chi connectivity index (χ2v) is 4.63. The summed E-state index contributed by atoms with van der Waals surface area (Å²) in [5.41, 5.74) is -0.374. The second-order valence-electron chi connectivity index (χ2n) is 3.20. The summed E-state index contributed by atoms with van der Waals surface area (Å²) in [4.78, 5) is 22.0. The quantitative estimate of drug-likeness (QED) is 0.467. The van der Waals surface area contributed by atoms with Crippen LogP contribution >= 0.6 is 0 Å². The van der Waals surface area contributed by atoms with E-state index in [0.29, 0.717) is 0 Å². The Labute approximate surface area is 121 Å². The number of methoxy groups -OCH3 is 2. The van der Waals surface area contributed by atoms with Gasteiger partial charge in [-0.2, -0.15) is 8.42 Å². The van der Waals surface area contributed by atoms with Crippen molar-refractivity contribution in [2.45, 2.75) is 4.90 Å². The summed E-state index contributed by atoms with van der Waals surface area (Å²) in [5, 5.41) is 0. The van der Waals surface area contributed by atoms with Gasteiger partial charge in [-0.05, 0) is 18.2 Å². The van der Waals surface area contributed by atoms with Crippen LogP contribution in [0.4, 0.5) is 0 Å². The molecule has 1 aromatic rings. The number of hydrogen-bond donors (Lipinski definition) is 1. The van der Waals surface area contributed by atoms with E-state index in [-0.39, 0.29) is 30.0 Å². The molecule has 0 aliphatic carbocycles. The Kier molecular flexibility index (Phi) is 6.25. The Hall–Kier alpha value is -1.33. The van der Waals surface area contributed by atoms with E-state index in [4.69, 9.17) is 4.55 Å². The molecule has 0 unspecified atom stereocenters. The molecule has 7 nitrogen and oxygen atoms in total. The van der Waals surface area contributed by atoms with Crippen LogP contribution in [0.15, 0.2) is 23.1 Å². The van der Waals surface area contributed by atoms with E-state index < -0.39 is 27.0 Å². The molecule has 0 aliphatic rings. The zero-order valence-corrected chi connectivity index (χ0v) is 10.4. The van der Waals surface area contributed by atoms with Crippen LogP contribution in [-0.2, 0) is 19.6 Å². The standard InChI is InChI=1S/C10H10O7S.Li.H/c1-16-9(11)6-3-7(10(12)17-2)5-8(4-6)18(13,14)15;;/h3-5H,1-2H3,(H,13,14,15);;. The fourth-order valence-corrected chi connectivity index (χ4v) is 1.77. The van der Waals surface area contributed by atoms with Gasteiger partial charge in [0.15, 0.2) is 0 Å². The van der Waals surface area contributed by atoms with Gasteiger partial charge in [-0.15, -0.1) is 0 Å². The second kappa shape index (κ2) is 6.72. The van der Waals surface area contributed by atoms with Crippen LogP contribution in [0, 0.1) is 0 Å².